The molecule has 0 aliphatic rings. The molecular weight excluding hydrogens is 206 g/mol. The Balaban J connectivity index is 2.64. The zero-order valence-electron chi connectivity index (χ0n) is 10.5. The minimum atomic E-state index is 1.29. The molecule has 0 N–H and O–H groups in total. The summed E-state index contributed by atoms with van der Waals surface area (Å²) < 4.78 is 2.21. The van der Waals surface area contributed by atoms with Crippen molar-refractivity contribution < 1.29 is 4.40 Å². The van der Waals surface area contributed by atoms with Gasteiger partial charge in [-0.15, -0.1) is 0 Å². The summed E-state index contributed by atoms with van der Waals surface area (Å²) in [6.45, 7) is 6.58. The van der Waals surface area contributed by atoms with Gasteiger partial charge in [-0.3, -0.25) is 0 Å². The molecule has 0 fully saturated rings. The van der Waals surface area contributed by atoms with E-state index >= 15 is 0 Å². The highest BCUT2D eigenvalue weighted by Gasteiger charge is 2.12. The summed E-state index contributed by atoms with van der Waals surface area (Å²) in [5, 5.41) is 2.75. The molecule has 0 spiro atoms. The molecule has 0 saturated carbocycles. The van der Waals surface area contributed by atoms with Crippen LogP contribution < -0.4 is 4.40 Å². The molecule has 1 nitrogen and oxygen atoms in total. The fraction of sp³-hybridized carbons (Fsp3) is 0.188. The molecule has 0 bridgehead atoms. The largest absolute Gasteiger partial charge is 0.214 e. The zero-order chi connectivity index (χ0) is 12.0. The van der Waals surface area contributed by atoms with Crippen LogP contribution in [0.15, 0.2) is 42.7 Å². The molecule has 0 amide bonds. The minimum Gasteiger partial charge on any atom is -0.166 e. The van der Waals surface area contributed by atoms with Gasteiger partial charge in [0, 0.05) is 28.5 Å². The average Bonchev–Trinajstić information content (AvgIpc) is 2.34. The van der Waals surface area contributed by atoms with Crippen LogP contribution in [0.5, 0.6) is 0 Å². The van der Waals surface area contributed by atoms with Gasteiger partial charge in [0.25, 0.3) is 0 Å². The van der Waals surface area contributed by atoms with Gasteiger partial charge in [0.15, 0.2) is 12.4 Å². The van der Waals surface area contributed by atoms with Gasteiger partial charge in [0.1, 0.15) is 0 Å². The van der Waals surface area contributed by atoms with Gasteiger partial charge in [0.2, 0.25) is 5.52 Å². The Hall–Kier alpha value is -1.89. The number of aromatic nitrogens is 1. The molecule has 1 heteroatoms. The van der Waals surface area contributed by atoms with Crippen molar-refractivity contribution in [1.29, 1.82) is 0 Å². The number of pyridine rings is 2. The summed E-state index contributed by atoms with van der Waals surface area (Å²) in [7, 11) is 0. The van der Waals surface area contributed by atoms with E-state index < -0.39 is 0 Å². The van der Waals surface area contributed by atoms with Gasteiger partial charge in [0.05, 0.1) is 0 Å². The zero-order valence-corrected chi connectivity index (χ0v) is 10.5. The summed E-state index contributed by atoms with van der Waals surface area (Å²) >= 11 is 0. The van der Waals surface area contributed by atoms with Crippen molar-refractivity contribution in [2.24, 2.45) is 0 Å². The van der Waals surface area contributed by atoms with Crippen molar-refractivity contribution in [3.05, 3.63) is 59.4 Å². The predicted octanol–water partition coefficient (Wildman–Crippen LogP) is 3.50. The number of rotatable bonds is 0. The van der Waals surface area contributed by atoms with E-state index in [4.69, 9.17) is 0 Å². The van der Waals surface area contributed by atoms with Crippen LogP contribution in [0.25, 0.3) is 16.3 Å². The fourth-order valence-electron chi connectivity index (χ4n) is 2.65. The van der Waals surface area contributed by atoms with Crippen LogP contribution >= 0.6 is 0 Å². The Morgan fingerprint density at radius 2 is 1.65 bits per heavy atom. The molecule has 0 atom stereocenters. The maximum atomic E-state index is 2.24. The maximum absolute atomic E-state index is 2.24. The SMILES string of the molecule is Cc1ccc(C)c2c(C)c3cccc[n+]3cc12. The van der Waals surface area contributed by atoms with Crippen LogP contribution in [0.3, 0.4) is 0 Å². The number of nitrogens with zero attached hydrogens (tertiary/aromatic N) is 1. The second-order valence-corrected chi connectivity index (χ2v) is 4.74. The first-order valence-corrected chi connectivity index (χ1v) is 5.98. The number of aryl methyl sites for hydroxylation is 3. The summed E-state index contributed by atoms with van der Waals surface area (Å²) in [6, 6.07) is 10.8. The normalized spacial score (nSPS) is 11.2. The molecule has 0 radical (unpaired) electrons. The topological polar surface area (TPSA) is 4.10 Å². The number of hydrogen-bond acceptors (Lipinski definition) is 0. The molecule has 2 aromatic heterocycles. The molecule has 3 rings (SSSR count). The van der Waals surface area contributed by atoms with Crippen LogP contribution in [-0.4, -0.2) is 0 Å². The van der Waals surface area contributed by atoms with E-state index in [2.05, 4.69) is 67.9 Å². The van der Waals surface area contributed by atoms with Crippen molar-refractivity contribution in [3.8, 4) is 0 Å². The highest BCUT2D eigenvalue weighted by atomic mass is 14.8. The van der Waals surface area contributed by atoms with Gasteiger partial charge >= 0.3 is 0 Å². The van der Waals surface area contributed by atoms with Crippen LogP contribution in [0.4, 0.5) is 0 Å². The Labute approximate surface area is 101 Å². The first-order valence-electron chi connectivity index (χ1n) is 5.98. The molecule has 2 heterocycles. The van der Waals surface area contributed by atoms with E-state index in [1.165, 1.54) is 33.0 Å². The smallest absolute Gasteiger partial charge is 0.166 e. The van der Waals surface area contributed by atoms with E-state index in [1.54, 1.807) is 0 Å². The van der Waals surface area contributed by atoms with Gasteiger partial charge in [-0.2, -0.15) is 4.40 Å². The molecule has 84 valence electrons. The highest BCUT2D eigenvalue weighted by Crippen LogP contribution is 2.25. The van der Waals surface area contributed by atoms with Crippen LogP contribution in [0.2, 0.25) is 0 Å². The predicted molar refractivity (Wildman–Crippen MR) is 71.3 cm³/mol. The van der Waals surface area contributed by atoms with E-state index in [1.807, 2.05) is 0 Å². The number of benzene rings is 1. The van der Waals surface area contributed by atoms with E-state index in [0.717, 1.165) is 0 Å². The van der Waals surface area contributed by atoms with Crippen molar-refractivity contribution in [1.82, 2.24) is 0 Å². The van der Waals surface area contributed by atoms with Gasteiger partial charge < -0.3 is 0 Å². The summed E-state index contributed by atoms with van der Waals surface area (Å²) in [5.74, 6) is 0. The maximum Gasteiger partial charge on any atom is 0.214 e. The van der Waals surface area contributed by atoms with Crippen molar-refractivity contribution in [3.63, 3.8) is 0 Å². The Morgan fingerprint density at radius 1 is 0.882 bits per heavy atom. The lowest BCUT2D eigenvalue weighted by Crippen LogP contribution is -2.21. The first kappa shape index (κ1) is 10.3. The standard InChI is InChI=1S/C16H16N/c1-11-7-8-12(2)16-13(3)15-6-4-5-9-17(15)10-14(11)16/h4-10H,1-3H3/q+1. The van der Waals surface area contributed by atoms with Crippen molar-refractivity contribution >= 4 is 16.3 Å². The third-order valence-electron chi connectivity index (χ3n) is 3.59. The van der Waals surface area contributed by atoms with Crippen molar-refractivity contribution in [2.45, 2.75) is 20.8 Å². The number of fused-ring (bicyclic) bond motifs is 2. The highest BCUT2D eigenvalue weighted by molar-refractivity contribution is 5.92. The lowest BCUT2D eigenvalue weighted by Gasteiger charge is -2.07. The third-order valence-corrected chi connectivity index (χ3v) is 3.59. The van der Waals surface area contributed by atoms with Gasteiger partial charge in [-0.25, -0.2) is 0 Å². The molecule has 0 aliphatic carbocycles. The molecule has 3 aromatic rings. The molecule has 0 saturated heterocycles. The van der Waals surface area contributed by atoms with Crippen molar-refractivity contribution in [2.75, 3.05) is 0 Å². The van der Waals surface area contributed by atoms with Crippen LogP contribution in [0.1, 0.15) is 16.7 Å². The molecule has 0 unspecified atom stereocenters. The Morgan fingerprint density at radius 3 is 2.47 bits per heavy atom. The second kappa shape index (κ2) is 3.56. The number of hydrogen-bond donors (Lipinski definition) is 0. The molecular formula is C16H16N+. The third kappa shape index (κ3) is 1.42. The second-order valence-electron chi connectivity index (χ2n) is 4.74. The molecule has 0 aliphatic heterocycles. The van der Waals surface area contributed by atoms with Crippen LogP contribution in [0, 0.1) is 20.8 Å². The quantitative estimate of drug-likeness (QED) is 0.405. The summed E-state index contributed by atoms with van der Waals surface area (Å²) in [5.41, 5.74) is 5.35. The minimum absolute atomic E-state index is 1.29. The van der Waals surface area contributed by atoms with Gasteiger partial charge in [-0.05, 0) is 38.0 Å². The van der Waals surface area contributed by atoms with Gasteiger partial charge in [-0.1, -0.05) is 12.1 Å². The lowest BCUT2D eigenvalue weighted by atomic mass is 9.98. The molecule has 1 aromatic carbocycles. The lowest BCUT2D eigenvalue weighted by molar-refractivity contribution is -0.510. The average molecular weight is 222 g/mol. The first-order chi connectivity index (χ1) is 8.18. The molecule has 17 heavy (non-hydrogen) atoms. The van der Waals surface area contributed by atoms with Crippen LogP contribution in [-0.2, 0) is 0 Å². The van der Waals surface area contributed by atoms with E-state index in [9.17, 15) is 0 Å². The van der Waals surface area contributed by atoms with E-state index in [-0.39, 0.29) is 0 Å². The monoisotopic (exact) mass is 222 g/mol. The van der Waals surface area contributed by atoms with E-state index in [0.29, 0.717) is 0 Å². The summed E-state index contributed by atoms with van der Waals surface area (Å²) in [6.07, 6.45) is 4.35. The Bertz CT molecular complexity index is 726. The fourth-order valence-corrected chi connectivity index (χ4v) is 2.65. The Kier molecular flexibility index (Phi) is 2.15. The summed E-state index contributed by atoms with van der Waals surface area (Å²) in [4.78, 5) is 0.